The van der Waals surface area contributed by atoms with E-state index >= 15 is 0 Å². The second kappa shape index (κ2) is 6.39. The molecule has 2 atom stereocenters. The molecule has 22 heavy (non-hydrogen) atoms. The number of carbonyl (C=O) groups is 1. The number of aliphatic hydroxyl groups is 1. The van der Waals surface area contributed by atoms with Crippen molar-refractivity contribution in [3.8, 4) is 0 Å². The van der Waals surface area contributed by atoms with Crippen LogP contribution in [0.25, 0.3) is 0 Å². The molecule has 0 unspecified atom stereocenters. The molecule has 4 rings (SSSR count). The van der Waals surface area contributed by atoms with Gasteiger partial charge in [0, 0.05) is 0 Å². The van der Waals surface area contributed by atoms with Crippen molar-refractivity contribution in [1.29, 1.82) is 0 Å². The number of rotatable bonds is 6. The molecular formula is C18H25NO3. The van der Waals surface area contributed by atoms with Gasteiger partial charge in [0.25, 0.3) is 0 Å². The molecule has 0 amide bonds. The Balaban J connectivity index is 1.80. The molecule has 1 aromatic carbocycles. The average Bonchev–Trinajstić information content (AvgIpc) is 2.57. The molecule has 0 heterocycles. The van der Waals surface area contributed by atoms with Crippen LogP contribution >= 0.6 is 0 Å². The van der Waals surface area contributed by atoms with Crippen LogP contribution < -0.4 is 5.32 Å². The lowest BCUT2D eigenvalue weighted by Crippen LogP contribution is -2.55. The maximum absolute atomic E-state index is 11.9. The van der Waals surface area contributed by atoms with E-state index in [-0.39, 0.29) is 18.1 Å². The largest absolute Gasteiger partial charge is 0.480 e. The van der Waals surface area contributed by atoms with Gasteiger partial charge in [0.15, 0.2) is 0 Å². The highest BCUT2D eigenvalue weighted by Gasteiger charge is 2.49. The quantitative estimate of drug-likeness (QED) is 0.756. The smallest absolute Gasteiger partial charge is 0.321 e. The summed E-state index contributed by atoms with van der Waals surface area (Å²) in [5, 5.41) is 22.8. The number of fused-ring (bicyclic) bond motifs is 3. The summed E-state index contributed by atoms with van der Waals surface area (Å²) in [5.41, 5.74) is 0.806. The summed E-state index contributed by atoms with van der Waals surface area (Å²) in [5.74, 6) is 0.0220. The monoisotopic (exact) mass is 303 g/mol. The van der Waals surface area contributed by atoms with Crippen LogP contribution in [0, 0.1) is 11.3 Å². The van der Waals surface area contributed by atoms with Gasteiger partial charge in [-0.05, 0) is 55.4 Å². The summed E-state index contributed by atoms with van der Waals surface area (Å²) >= 11 is 0. The van der Waals surface area contributed by atoms with Crippen LogP contribution in [0.2, 0.25) is 0 Å². The lowest BCUT2D eigenvalue weighted by molar-refractivity contribution is -0.146. The van der Waals surface area contributed by atoms with Gasteiger partial charge < -0.3 is 10.2 Å². The fourth-order valence-electron chi connectivity index (χ4n) is 4.37. The summed E-state index contributed by atoms with van der Waals surface area (Å²) in [7, 11) is 0. The van der Waals surface area contributed by atoms with E-state index in [2.05, 4.69) is 5.32 Å². The van der Waals surface area contributed by atoms with Crippen LogP contribution in [0.5, 0.6) is 0 Å². The normalized spacial score (nSPS) is 30.0. The summed E-state index contributed by atoms with van der Waals surface area (Å²) in [6.07, 6.45) is 6.44. The minimum Gasteiger partial charge on any atom is -0.480 e. The van der Waals surface area contributed by atoms with Gasteiger partial charge in [0.05, 0.1) is 12.6 Å². The first-order chi connectivity index (χ1) is 10.6. The highest BCUT2D eigenvalue weighted by atomic mass is 16.4. The van der Waals surface area contributed by atoms with Crippen molar-refractivity contribution in [2.24, 2.45) is 11.3 Å². The number of aliphatic carboxylic acids is 1. The first kappa shape index (κ1) is 15.5. The fraction of sp³-hybridized carbons (Fsp3) is 0.611. The molecule has 0 radical (unpaired) electrons. The molecule has 1 aromatic rings. The van der Waals surface area contributed by atoms with Crippen LogP contribution in [-0.4, -0.2) is 28.8 Å². The van der Waals surface area contributed by atoms with E-state index in [1.165, 1.54) is 0 Å². The van der Waals surface area contributed by atoms with E-state index in [1.807, 2.05) is 30.3 Å². The third-order valence-electron chi connectivity index (χ3n) is 5.76. The summed E-state index contributed by atoms with van der Waals surface area (Å²) in [4.78, 5) is 11.9. The number of aliphatic hydroxyl groups excluding tert-OH is 1. The number of carboxylic acids is 1. The van der Waals surface area contributed by atoms with Gasteiger partial charge in [-0.3, -0.25) is 10.1 Å². The molecule has 3 fully saturated rings. The predicted octanol–water partition coefficient (Wildman–Crippen LogP) is 2.73. The molecule has 3 aliphatic carbocycles. The highest BCUT2D eigenvalue weighted by Crippen LogP contribution is 2.52. The minimum atomic E-state index is -0.783. The van der Waals surface area contributed by atoms with E-state index in [1.54, 1.807) is 0 Å². The van der Waals surface area contributed by atoms with Crippen molar-refractivity contribution in [3.63, 3.8) is 0 Å². The molecule has 120 valence electrons. The Morgan fingerprint density at radius 3 is 2.27 bits per heavy atom. The maximum Gasteiger partial charge on any atom is 0.321 e. The third kappa shape index (κ3) is 2.90. The minimum absolute atomic E-state index is 0.0908. The maximum atomic E-state index is 11.9. The first-order valence-corrected chi connectivity index (χ1v) is 8.29. The number of carboxylic acid groups (broad SMARTS) is 1. The SMILES string of the molecule is O=C(O)[C@@H](N[C@@H](CO)c1ccccc1)C12CCC(CC1)CC2. The summed E-state index contributed by atoms with van der Waals surface area (Å²) in [6.45, 7) is -0.0908. The lowest BCUT2D eigenvalue weighted by Gasteiger charge is -2.50. The molecule has 3 N–H and O–H groups in total. The Bertz CT molecular complexity index is 495. The Morgan fingerprint density at radius 1 is 1.18 bits per heavy atom. The molecule has 4 heteroatoms. The highest BCUT2D eigenvalue weighted by molar-refractivity contribution is 5.75. The molecule has 0 spiro atoms. The third-order valence-corrected chi connectivity index (χ3v) is 5.76. The van der Waals surface area contributed by atoms with Crippen LogP contribution in [0.4, 0.5) is 0 Å². The molecule has 3 saturated carbocycles. The lowest BCUT2D eigenvalue weighted by atomic mass is 9.57. The van der Waals surface area contributed by atoms with E-state index in [0.717, 1.165) is 50.0 Å². The predicted molar refractivity (Wildman–Crippen MR) is 84.5 cm³/mol. The van der Waals surface area contributed by atoms with Gasteiger partial charge in [-0.25, -0.2) is 0 Å². The zero-order chi connectivity index (χ0) is 15.6. The van der Waals surface area contributed by atoms with E-state index < -0.39 is 12.0 Å². The second-order valence-corrected chi connectivity index (χ2v) is 6.93. The molecule has 4 nitrogen and oxygen atoms in total. The number of hydrogen-bond acceptors (Lipinski definition) is 3. The number of nitrogens with one attached hydrogen (secondary N) is 1. The van der Waals surface area contributed by atoms with Gasteiger partial charge in [-0.15, -0.1) is 0 Å². The Labute approximate surface area is 131 Å². The molecular weight excluding hydrogens is 278 g/mol. The van der Waals surface area contributed by atoms with Crippen molar-refractivity contribution in [3.05, 3.63) is 35.9 Å². The van der Waals surface area contributed by atoms with E-state index in [0.29, 0.717) is 0 Å². The molecule has 2 bridgehead atoms. The zero-order valence-electron chi connectivity index (χ0n) is 12.9. The van der Waals surface area contributed by atoms with Gasteiger partial charge in [-0.1, -0.05) is 30.3 Å². The fourth-order valence-corrected chi connectivity index (χ4v) is 4.37. The van der Waals surface area contributed by atoms with Crippen molar-refractivity contribution in [1.82, 2.24) is 5.32 Å². The van der Waals surface area contributed by atoms with Crippen LogP contribution in [0.3, 0.4) is 0 Å². The topological polar surface area (TPSA) is 69.6 Å². The van der Waals surface area contributed by atoms with Crippen molar-refractivity contribution < 1.29 is 15.0 Å². The average molecular weight is 303 g/mol. The van der Waals surface area contributed by atoms with Gasteiger partial charge >= 0.3 is 5.97 Å². The standard InChI is InChI=1S/C18H25NO3/c20-12-15(14-4-2-1-3-5-14)19-16(17(21)22)18-9-6-13(7-10-18)8-11-18/h1-5,13,15-16,19-20H,6-12H2,(H,21,22)/t13?,15-,16+,18?/m0/s1. The Hall–Kier alpha value is -1.39. The molecule has 0 aliphatic heterocycles. The first-order valence-electron chi connectivity index (χ1n) is 8.29. The second-order valence-electron chi connectivity index (χ2n) is 6.93. The van der Waals surface area contributed by atoms with Gasteiger partial charge in [0.2, 0.25) is 0 Å². The Morgan fingerprint density at radius 2 is 1.77 bits per heavy atom. The molecule has 0 aromatic heterocycles. The summed E-state index contributed by atoms with van der Waals surface area (Å²) < 4.78 is 0. The van der Waals surface area contributed by atoms with Gasteiger partial charge in [0.1, 0.15) is 6.04 Å². The van der Waals surface area contributed by atoms with Crippen LogP contribution in [-0.2, 0) is 4.79 Å². The molecule has 0 saturated heterocycles. The van der Waals surface area contributed by atoms with Crippen LogP contribution in [0.1, 0.15) is 50.1 Å². The van der Waals surface area contributed by atoms with Crippen molar-refractivity contribution >= 4 is 5.97 Å². The van der Waals surface area contributed by atoms with E-state index in [4.69, 9.17) is 0 Å². The zero-order valence-corrected chi connectivity index (χ0v) is 12.9. The van der Waals surface area contributed by atoms with Crippen molar-refractivity contribution in [2.75, 3.05) is 6.61 Å². The van der Waals surface area contributed by atoms with Gasteiger partial charge in [-0.2, -0.15) is 0 Å². The number of benzene rings is 1. The van der Waals surface area contributed by atoms with E-state index in [9.17, 15) is 15.0 Å². The Kier molecular flexibility index (Phi) is 4.50. The van der Waals surface area contributed by atoms with Crippen molar-refractivity contribution in [2.45, 2.75) is 50.6 Å². The summed E-state index contributed by atoms with van der Waals surface area (Å²) in [6, 6.07) is 8.72. The number of hydrogen-bond donors (Lipinski definition) is 3. The van der Waals surface area contributed by atoms with Crippen LogP contribution in [0.15, 0.2) is 30.3 Å². The molecule has 3 aliphatic rings.